The fraction of sp³-hybridized carbons (Fsp3) is 0.316. The summed E-state index contributed by atoms with van der Waals surface area (Å²) in [5, 5.41) is 2.96. The molecule has 0 aliphatic heterocycles. The van der Waals surface area contributed by atoms with E-state index >= 15 is 0 Å². The first kappa shape index (κ1) is 16.1. The average molecular weight is 297 g/mol. The molecule has 0 heterocycles. The molecule has 116 valence electrons. The summed E-state index contributed by atoms with van der Waals surface area (Å²) in [7, 11) is 0. The number of carbonyl (C=O) groups excluding carboxylic acids is 1. The molecule has 22 heavy (non-hydrogen) atoms. The Kier molecular flexibility index (Phi) is 5.21. The smallest absolute Gasteiger partial charge is 0.255 e. The molecular formula is C19H23NO2. The zero-order valence-corrected chi connectivity index (χ0v) is 13.6. The Balaban J connectivity index is 2.08. The predicted molar refractivity (Wildman–Crippen MR) is 90.7 cm³/mol. The highest BCUT2D eigenvalue weighted by Gasteiger charge is 2.09. The van der Waals surface area contributed by atoms with Crippen LogP contribution in [0.5, 0.6) is 5.75 Å². The molecule has 2 aromatic carbocycles. The second-order valence-corrected chi connectivity index (χ2v) is 5.56. The number of hydrogen-bond acceptors (Lipinski definition) is 2. The predicted octanol–water partition coefficient (Wildman–Crippen LogP) is 4.73. The quantitative estimate of drug-likeness (QED) is 0.866. The van der Waals surface area contributed by atoms with Gasteiger partial charge in [-0.05, 0) is 68.7 Å². The summed E-state index contributed by atoms with van der Waals surface area (Å²) in [5.74, 6) is 0.682. The minimum atomic E-state index is -0.108. The Bertz CT molecular complexity index is 647. The van der Waals surface area contributed by atoms with Crippen LogP contribution in [0.2, 0.25) is 0 Å². The van der Waals surface area contributed by atoms with Gasteiger partial charge in [-0.3, -0.25) is 4.79 Å². The van der Waals surface area contributed by atoms with Gasteiger partial charge in [0.1, 0.15) is 5.75 Å². The third-order valence-corrected chi connectivity index (χ3v) is 3.88. The van der Waals surface area contributed by atoms with E-state index in [1.165, 1.54) is 0 Å². The van der Waals surface area contributed by atoms with Crippen molar-refractivity contribution in [2.45, 2.75) is 40.2 Å². The van der Waals surface area contributed by atoms with Crippen LogP contribution in [0.25, 0.3) is 0 Å². The molecule has 2 aromatic rings. The summed E-state index contributed by atoms with van der Waals surface area (Å²) >= 11 is 0. The molecule has 1 N–H and O–H groups in total. The molecule has 0 fully saturated rings. The van der Waals surface area contributed by atoms with Crippen molar-refractivity contribution < 1.29 is 9.53 Å². The van der Waals surface area contributed by atoms with Crippen molar-refractivity contribution in [3.8, 4) is 5.75 Å². The van der Waals surface area contributed by atoms with Gasteiger partial charge in [0.15, 0.2) is 0 Å². The average Bonchev–Trinajstić information content (AvgIpc) is 2.52. The number of nitrogens with one attached hydrogen (secondary N) is 1. The maximum atomic E-state index is 12.3. The molecule has 1 amide bonds. The molecule has 0 saturated carbocycles. The number of rotatable bonds is 5. The van der Waals surface area contributed by atoms with Crippen LogP contribution in [0.15, 0.2) is 42.5 Å². The normalized spacial score (nSPS) is 11.8. The summed E-state index contributed by atoms with van der Waals surface area (Å²) in [6, 6.07) is 13.2. The lowest BCUT2D eigenvalue weighted by Gasteiger charge is -2.13. The summed E-state index contributed by atoms with van der Waals surface area (Å²) in [5.41, 5.74) is 3.73. The van der Waals surface area contributed by atoms with Crippen molar-refractivity contribution in [3.05, 3.63) is 59.2 Å². The number of carbonyl (C=O) groups is 1. The van der Waals surface area contributed by atoms with Gasteiger partial charge in [-0.15, -0.1) is 0 Å². The lowest BCUT2D eigenvalue weighted by Crippen LogP contribution is -2.13. The minimum absolute atomic E-state index is 0.108. The van der Waals surface area contributed by atoms with Crippen LogP contribution in [0.1, 0.15) is 41.8 Å². The Labute approximate surface area is 132 Å². The van der Waals surface area contributed by atoms with Crippen LogP contribution < -0.4 is 10.1 Å². The fourth-order valence-corrected chi connectivity index (χ4v) is 2.08. The maximum Gasteiger partial charge on any atom is 0.255 e. The van der Waals surface area contributed by atoms with Gasteiger partial charge in [0.25, 0.3) is 5.91 Å². The largest absolute Gasteiger partial charge is 0.491 e. The van der Waals surface area contributed by atoms with E-state index in [2.05, 4.69) is 12.2 Å². The number of benzene rings is 2. The van der Waals surface area contributed by atoms with E-state index in [0.29, 0.717) is 5.56 Å². The van der Waals surface area contributed by atoms with Gasteiger partial charge in [-0.1, -0.05) is 19.1 Å². The van der Waals surface area contributed by atoms with Gasteiger partial charge in [-0.25, -0.2) is 0 Å². The Morgan fingerprint density at radius 2 is 1.82 bits per heavy atom. The molecule has 0 aliphatic rings. The van der Waals surface area contributed by atoms with Crippen molar-refractivity contribution in [3.63, 3.8) is 0 Å². The van der Waals surface area contributed by atoms with E-state index in [-0.39, 0.29) is 12.0 Å². The van der Waals surface area contributed by atoms with E-state index in [1.807, 2.05) is 51.1 Å². The van der Waals surface area contributed by atoms with Crippen LogP contribution in [0.4, 0.5) is 5.69 Å². The number of hydrogen-bond donors (Lipinski definition) is 1. The lowest BCUT2D eigenvalue weighted by molar-refractivity contribution is 0.102. The number of aryl methyl sites for hydroxylation is 1. The molecule has 0 bridgehead atoms. The topological polar surface area (TPSA) is 38.3 Å². The third-order valence-electron chi connectivity index (χ3n) is 3.88. The van der Waals surface area contributed by atoms with Crippen LogP contribution in [0.3, 0.4) is 0 Å². The highest BCUT2D eigenvalue weighted by atomic mass is 16.5. The van der Waals surface area contributed by atoms with E-state index < -0.39 is 0 Å². The van der Waals surface area contributed by atoms with Crippen LogP contribution >= 0.6 is 0 Å². The minimum Gasteiger partial charge on any atom is -0.491 e. The van der Waals surface area contributed by atoms with Crippen LogP contribution in [-0.4, -0.2) is 12.0 Å². The van der Waals surface area contributed by atoms with Gasteiger partial charge in [-0.2, -0.15) is 0 Å². The van der Waals surface area contributed by atoms with Gasteiger partial charge >= 0.3 is 0 Å². The first-order valence-corrected chi connectivity index (χ1v) is 7.65. The summed E-state index contributed by atoms with van der Waals surface area (Å²) in [6.45, 7) is 8.15. The maximum absolute atomic E-state index is 12.3. The molecule has 0 aromatic heterocycles. The van der Waals surface area contributed by atoms with Crippen molar-refractivity contribution in [1.29, 1.82) is 0 Å². The highest BCUT2D eigenvalue weighted by molar-refractivity contribution is 6.04. The van der Waals surface area contributed by atoms with E-state index in [4.69, 9.17) is 4.74 Å². The Morgan fingerprint density at radius 3 is 2.45 bits per heavy atom. The van der Waals surface area contributed by atoms with E-state index in [1.54, 1.807) is 12.1 Å². The summed E-state index contributed by atoms with van der Waals surface area (Å²) in [6.07, 6.45) is 1.13. The molecule has 1 unspecified atom stereocenters. The highest BCUT2D eigenvalue weighted by Crippen LogP contribution is 2.20. The van der Waals surface area contributed by atoms with E-state index in [0.717, 1.165) is 29.0 Å². The molecule has 3 heteroatoms. The molecule has 0 spiro atoms. The number of amides is 1. The molecular weight excluding hydrogens is 274 g/mol. The fourth-order valence-electron chi connectivity index (χ4n) is 2.08. The SMILES string of the molecule is CCC(C)Oc1ccc(C(=O)Nc2cccc(C)c2C)cc1. The Morgan fingerprint density at radius 1 is 1.14 bits per heavy atom. The molecule has 0 radical (unpaired) electrons. The van der Waals surface area contributed by atoms with Gasteiger partial charge in [0.2, 0.25) is 0 Å². The summed E-state index contributed by atoms with van der Waals surface area (Å²) in [4.78, 5) is 12.3. The Hall–Kier alpha value is -2.29. The number of ether oxygens (including phenoxy) is 1. The third kappa shape index (κ3) is 3.88. The molecule has 0 aliphatic carbocycles. The molecule has 0 saturated heterocycles. The van der Waals surface area contributed by atoms with Gasteiger partial charge < -0.3 is 10.1 Å². The summed E-state index contributed by atoms with van der Waals surface area (Å²) < 4.78 is 5.72. The second-order valence-electron chi connectivity index (χ2n) is 5.56. The second kappa shape index (κ2) is 7.12. The monoisotopic (exact) mass is 297 g/mol. The van der Waals surface area contributed by atoms with Crippen molar-refractivity contribution in [1.82, 2.24) is 0 Å². The van der Waals surface area contributed by atoms with Crippen molar-refractivity contribution in [2.75, 3.05) is 5.32 Å². The van der Waals surface area contributed by atoms with E-state index in [9.17, 15) is 4.79 Å². The first-order valence-electron chi connectivity index (χ1n) is 7.65. The van der Waals surface area contributed by atoms with Crippen LogP contribution in [-0.2, 0) is 0 Å². The molecule has 1 atom stereocenters. The van der Waals surface area contributed by atoms with Crippen molar-refractivity contribution >= 4 is 11.6 Å². The standard InChI is InChI=1S/C19H23NO2/c1-5-14(3)22-17-11-9-16(10-12-17)19(21)20-18-8-6-7-13(2)15(18)4/h6-12,14H,5H2,1-4H3,(H,20,21). The zero-order valence-electron chi connectivity index (χ0n) is 13.6. The molecule has 3 nitrogen and oxygen atoms in total. The number of anilines is 1. The zero-order chi connectivity index (χ0) is 16.1. The van der Waals surface area contributed by atoms with Gasteiger partial charge in [0, 0.05) is 11.3 Å². The lowest BCUT2D eigenvalue weighted by atomic mass is 10.1. The van der Waals surface area contributed by atoms with Crippen molar-refractivity contribution in [2.24, 2.45) is 0 Å². The van der Waals surface area contributed by atoms with Crippen LogP contribution in [0, 0.1) is 13.8 Å². The first-order chi connectivity index (χ1) is 10.5. The molecule has 2 rings (SSSR count). The van der Waals surface area contributed by atoms with Gasteiger partial charge in [0.05, 0.1) is 6.10 Å².